The monoisotopic (exact) mass is 357 g/mol. The predicted molar refractivity (Wildman–Crippen MR) is 105 cm³/mol. The molecule has 2 N–H and O–H groups in total. The van der Waals surface area contributed by atoms with Gasteiger partial charge in [0.25, 0.3) is 0 Å². The van der Waals surface area contributed by atoms with E-state index in [1.54, 1.807) is 0 Å². The van der Waals surface area contributed by atoms with Crippen LogP contribution in [0.5, 0.6) is 0 Å². The van der Waals surface area contributed by atoms with Crippen molar-refractivity contribution in [2.24, 2.45) is 11.8 Å². The molecule has 0 atom stereocenters. The summed E-state index contributed by atoms with van der Waals surface area (Å²) < 4.78 is 0. The Balaban J connectivity index is 1.44. The highest BCUT2D eigenvalue weighted by atomic mass is 16.2. The van der Waals surface area contributed by atoms with Gasteiger partial charge in [-0.2, -0.15) is 0 Å². The lowest BCUT2D eigenvalue weighted by Gasteiger charge is -2.28. The van der Waals surface area contributed by atoms with Gasteiger partial charge in [-0.15, -0.1) is 0 Å². The second-order valence-corrected chi connectivity index (χ2v) is 7.97. The second kappa shape index (κ2) is 8.56. The van der Waals surface area contributed by atoms with Crippen LogP contribution in [0.1, 0.15) is 51.4 Å². The van der Waals surface area contributed by atoms with Gasteiger partial charge < -0.3 is 15.5 Å². The van der Waals surface area contributed by atoms with Crippen LogP contribution in [0.4, 0.5) is 11.4 Å². The average Bonchev–Trinajstić information content (AvgIpc) is 3.15. The van der Waals surface area contributed by atoms with Gasteiger partial charge in [0, 0.05) is 43.3 Å². The van der Waals surface area contributed by atoms with Crippen LogP contribution < -0.4 is 15.5 Å². The van der Waals surface area contributed by atoms with Gasteiger partial charge in [0.15, 0.2) is 0 Å². The molecule has 0 spiro atoms. The summed E-state index contributed by atoms with van der Waals surface area (Å²) >= 11 is 0. The first-order valence-electron chi connectivity index (χ1n) is 9.91. The van der Waals surface area contributed by atoms with Gasteiger partial charge in [0.05, 0.1) is 0 Å². The normalized spacial score (nSPS) is 23.5. The Morgan fingerprint density at radius 3 is 1.92 bits per heavy atom. The van der Waals surface area contributed by atoms with Crippen LogP contribution in [-0.4, -0.2) is 32.0 Å². The molecule has 2 aliphatic carbocycles. The number of anilines is 2. The molecule has 0 radical (unpaired) electrons. The van der Waals surface area contributed by atoms with Crippen LogP contribution in [0.15, 0.2) is 24.3 Å². The highest BCUT2D eigenvalue weighted by Gasteiger charge is 2.31. The minimum atomic E-state index is 0.0130. The lowest BCUT2D eigenvalue weighted by Crippen LogP contribution is -2.39. The van der Waals surface area contributed by atoms with E-state index in [0.29, 0.717) is 6.04 Å². The van der Waals surface area contributed by atoms with E-state index < -0.39 is 0 Å². The maximum Gasteiger partial charge on any atom is 0.227 e. The van der Waals surface area contributed by atoms with E-state index in [2.05, 4.69) is 10.6 Å². The fourth-order valence-corrected chi connectivity index (χ4v) is 4.09. The molecule has 0 saturated heterocycles. The van der Waals surface area contributed by atoms with E-state index in [4.69, 9.17) is 0 Å². The maximum absolute atomic E-state index is 12.5. The molecule has 0 aliphatic heterocycles. The third kappa shape index (κ3) is 4.77. The molecule has 0 unspecified atom stereocenters. The van der Waals surface area contributed by atoms with Crippen molar-refractivity contribution in [1.82, 2.24) is 5.32 Å². The van der Waals surface area contributed by atoms with Gasteiger partial charge in [-0.1, -0.05) is 12.8 Å². The molecule has 1 aromatic rings. The molecule has 2 aliphatic rings. The van der Waals surface area contributed by atoms with Crippen LogP contribution in [0.3, 0.4) is 0 Å². The smallest absolute Gasteiger partial charge is 0.227 e. The standard InChI is InChI=1S/C21H31N3O2/c1-24(2)19-13-11-18(12-14-19)23-21(26)16-9-7-15(8-10-16)20(25)22-17-5-3-4-6-17/h11-17H,3-10H2,1-2H3,(H,22,25)(H,23,26). The zero-order chi connectivity index (χ0) is 18.5. The lowest BCUT2D eigenvalue weighted by molar-refractivity contribution is -0.129. The highest BCUT2D eigenvalue weighted by Crippen LogP contribution is 2.30. The van der Waals surface area contributed by atoms with Gasteiger partial charge in [-0.05, 0) is 62.8 Å². The highest BCUT2D eigenvalue weighted by molar-refractivity contribution is 5.93. The molecule has 0 aromatic heterocycles. The van der Waals surface area contributed by atoms with Crippen LogP contribution in [0.2, 0.25) is 0 Å². The van der Waals surface area contributed by atoms with Crippen LogP contribution >= 0.6 is 0 Å². The van der Waals surface area contributed by atoms with E-state index in [1.807, 2.05) is 43.3 Å². The Hall–Kier alpha value is -2.04. The van der Waals surface area contributed by atoms with Crippen molar-refractivity contribution >= 4 is 23.2 Å². The van der Waals surface area contributed by atoms with Gasteiger partial charge in [0.1, 0.15) is 0 Å². The number of nitrogens with one attached hydrogen (secondary N) is 2. The largest absolute Gasteiger partial charge is 0.378 e. The van der Waals surface area contributed by atoms with Crippen molar-refractivity contribution in [2.75, 3.05) is 24.3 Å². The minimum Gasteiger partial charge on any atom is -0.378 e. The molecule has 1 aromatic carbocycles. The molecule has 5 heteroatoms. The fraction of sp³-hybridized carbons (Fsp3) is 0.619. The number of benzene rings is 1. The molecule has 26 heavy (non-hydrogen) atoms. The van der Waals surface area contributed by atoms with Crippen molar-refractivity contribution in [1.29, 1.82) is 0 Å². The number of nitrogens with zero attached hydrogens (tertiary/aromatic N) is 1. The predicted octanol–water partition coefficient (Wildman–Crippen LogP) is 3.56. The molecular formula is C21H31N3O2. The van der Waals surface area contributed by atoms with Gasteiger partial charge >= 0.3 is 0 Å². The minimum absolute atomic E-state index is 0.0130. The van der Waals surface area contributed by atoms with E-state index in [1.165, 1.54) is 12.8 Å². The first-order chi connectivity index (χ1) is 12.5. The van der Waals surface area contributed by atoms with Crippen LogP contribution in [0.25, 0.3) is 0 Å². The number of carbonyl (C=O) groups excluding carboxylic acids is 2. The Labute approximate surface area is 156 Å². The molecule has 0 heterocycles. The van der Waals surface area contributed by atoms with Crippen molar-refractivity contribution < 1.29 is 9.59 Å². The summed E-state index contributed by atoms with van der Waals surface area (Å²) in [6.45, 7) is 0. The molecular weight excluding hydrogens is 326 g/mol. The van der Waals surface area contributed by atoms with E-state index in [0.717, 1.165) is 49.9 Å². The quantitative estimate of drug-likeness (QED) is 0.847. The van der Waals surface area contributed by atoms with E-state index in [-0.39, 0.29) is 23.7 Å². The summed E-state index contributed by atoms with van der Waals surface area (Å²) in [7, 11) is 3.99. The Morgan fingerprint density at radius 2 is 1.38 bits per heavy atom. The summed E-state index contributed by atoms with van der Waals surface area (Å²) in [6, 6.07) is 8.26. The third-order valence-electron chi connectivity index (χ3n) is 5.82. The van der Waals surface area contributed by atoms with Gasteiger partial charge in [-0.25, -0.2) is 0 Å². The average molecular weight is 357 g/mol. The molecule has 2 amide bonds. The number of carbonyl (C=O) groups is 2. The number of amides is 2. The van der Waals surface area contributed by atoms with Crippen LogP contribution in [-0.2, 0) is 9.59 Å². The van der Waals surface area contributed by atoms with Crippen molar-refractivity contribution in [3.63, 3.8) is 0 Å². The van der Waals surface area contributed by atoms with E-state index in [9.17, 15) is 9.59 Å². The molecule has 2 saturated carbocycles. The molecule has 142 valence electrons. The summed E-state index contributed by atoms with van der Waals surface area (Å²) in [6.07, 6.45) is 7.92. The number of hydrogen-bond acceptors (Lipinski definition) is 3. The maximum atomic E-state index is 12.5. The van der Waals surface area contributed by atoms with Gasteiger partial charge in [0.2, 0.25) is 11.8 Å². The summed E-state index contributed by atoms with van der Waals surface area (Å²) in [4.78, 5) is 26.9. The molecule has 3 rings (SSSR count). The first kappa shape index (κ1) is 18.7. The molecule has 0 bridgehead atoms. The Kier molecular flexibility index (Phi) is 6.17. The second-order valence-electron chi connectivity index (χ2n) is 7.97. The zero-order valence-corrected chi connectivity index (χ0v) is 16.0. The fourth-order valence-electron chi connectivity index (χ4n) is 4.09. The first-order valence-corrected chi connectivity index (χ1v) is 9.91. The topological polar surface area (TPSA) is 61.4 Å². The van der Waals surface area contributed by atoms with Gasteiger partial charge in [-0.3, -0.25) is 9.59 Å². The van der Waals surface area contributed by atoms with Crippen molar-refractivity contribution in [3.05, 3.63) is 24.3 Å². The molecule has 5 nitrogen and oxygen atoms in total. The van der Waals surface area contributed by atoms with E-state index >= 15 is 0 Å². The Bertz CT molecular complexity index is 613. The molecule has 2 fully saturated rings. The lowest BCUT2D eigenvalue weighted by atomic mass is 9.81. The zero-order valence-electron chi connectivity index (χ0n) is 16.0. The number of rotatable bonds is 5. The number of hydrogen-bond donors (Lipinski definition) is 2. The SMILES string of the molecule is CN(C)c1ccc(NC(=O)C2CCC(C(=O)NC3CCCC3)CC2)cc1. The summed E-state index contributed by atoms with van der Waals surface area (Å²) in [5, 5.41) is 6.23. The summed E-state index contributed by atoms with van der Waals surface area (Å²) in [5.41, 5.74) is 1.94. The van der Waals surface area contributed by atoms with Crippen molar-refractivity contribution in [3.8, 4) is 0 Å². The third-order valence-corrected chi connectivity index (χ3v) is 5.82. The Morgan fingerprint density at radius 1 is 0.846 bits per heavy atom. The summed E-state index contributed by atoms with van der Waals surface area (Å²) in [5.74, 6) is 0.380. The van der Waals surface area contributed by atoms with Crippen molar-refractivity contribution in [2.45, 2.75) is 57.4 Å². The van der Waals surface area contributed by atoms with Crippen LogP contribution in [0, 0.1) is 11.8 Å².